The standard InChI is InChI=1S/C17H18N4O2/c1-4-20-11(3)15(10(2)19-20)17-9-14(22)16(23)21(17)13-8-6-5-7-12(13)18-17/h5-9,18,22H,4H2,1-3H3/t17-/m0/s1. The number of carbonyl (C=O) groups excluding carboxylic acids is 1. The normalized spacial score (nSPS) is 22.0. The van der Waals surface area contributed by atoms with Crippen LogP contribution in [0.2, 0.25) is 0 Å². The molecule has 23 heavy (non-hydrogen) atoms. The van der Waals surface area contributed by atoms with Gasteiger partial charge < -0.3 is 10.4 Å². The van der Waals surface area contributed by atoms with Gasteiger partial charge in [-0.1, -0.05) is 12.1 Å². The van der Waals surface area contributed by atoms with Gasteiger partial charge in [-0.2, -0.15) is 5.10 Å². The van der Waals surface area contributed by atoms with E-state index in [-0.39, 0.29) is 5.76 Å². The summed E-state index contributed by atoms with van der Waals surface area (Å²) in [5.74, 6) is -0.638. The topological polar surface area (TPSA) is 70.4 Å². The van der Waals surface area contributed by atoms with E-state index in [2.05, 4.69) is 10.4 Å². The molecule has 0 saturated carbocycles. The molecule has 1 atom stereocenters. The number of aliphatic hydroxyl groups is 1. The number of carbonyl (C=O) groups is 1. The second-order valence-electron chi connectivity index (χ2n) is 5.94. The Kier molecular flexibility index (Phi) is 2.64. The van der Waals surface area contributed by atoms with Gasteiger partial charge in [0.15, 0.2) is 11.4 Å². The molecule has 2 aliphatic heterocycles. The number of aromatic nitrogens is 2. The van der Waals surface area contributed by atoms with Crippen LogP contribution >= 0.6 is 0 Å². The molecule has 0 spiro atoms. The predicted octanol–water partition coefficient (Wildman–Crippen LogP) is 2.59. The second-order valence-corrected chi connectivity index (χ2v) is 5.94. The Morgan fingerprint density at radius 3 is 2.74 bits per heavy atom. The number of para-hydroxylation sites is 2. The van der Waals surface area contributed by atoms with Crippen molar-refractivity contribution in [3.05, 3.63) is 53.1 Å². The van der Waals surface area contributed by atoms with Gasteiger partial charge in [-0.3, -0.25) is 14.4 Å². The molecule has 0 bridgehead atoms. The molecule has 1 aromatic heterocycles. The third-order valence-corrected chi connectivity index (χ3v) is 4.65. The molecule has 6 heteroatoms. The molecule has 3 heterocycles. The number of rotatable bonds is 2. The highest BCUT2D eigenvalue weighted by atomic mass is 16.3. The third kappa shape index (κ3) is 1.58. The van der Waals surface area contributed by atoms with E-state index in [4.69, 9.17) is 0 Å². The zero-order chi connectivity index (χ0) is 16.4. The molecule has 0 saturated heterocycles. The largest absolute Gasteiger partial charge is 0.503 e. The van der Waals surface area contributed by atoms with Crippen molar-refractivity contribution in [1.29, 1.82) is 0 Å². The van der Waals surface area contributed by atoms with Crippen molar-refractivity contribution in [2.45, 2.75) is 33.0 Å². The molecule has 0 aliphatic carbocycles. The van der Waals surface area contributed by atoms with Crippen LogP contribution in [0, 0.1) is 13.8 Å². The Balaban J connectivity index is 2.00. The third-order valence-electron chi connectivity index (χ3n) is 4.65. The van der Waals surface area contributed by atoms with E-state index < -0.39 is 11.6 Å². The molecule has 1 aromatic carbocycles. The van der Waals surface area contributed by atoms with Crippen molar-refractivity contribution in [2.75, 3.05) is 10.2 Å². The fourth-order valence-electron chi connectivity index (χ4n) is 3.77. The molecule has 2 aliphatic rings. The summed E-state index contributed by atoms with van der Waals surface area (Å²) in [5.41, 5.74) is 3.45. The van der Waals surface area contributed by atoms with Crippen molar-refractivity contribution in [3.8, 4) is 0 Å². The summed E-state index contributed by atoms with van der Waals surface area (Å²) in [7, 11) is 0. The van der Waals surface area contributed by atoms with Crippen LogP contribution in [0.1, 0.15) is 23.9 Å². The van der Waals surface area contributed by atoms with Gasteiger partial charge in [-0.05, 0) is 32.9 Å². The van der Waals surface area contributed by atoms with Crippen LogP contribution < -0.4 is 10.2 Å². The first-order valence-electron chi connectivity index (χ1n) is 7.67. The van der Waals surface area contributed by atoms with Crippen LogP contribution in [-0.2, 0) is 17.0 Å². The molecule has 0 unspecified atom stereocenters. The van der Waals surface area contributed by atoms with Gasteiger partial charge in [-0.15, -0.1) is 0 Å². The number of benzene rings is 1. The molecule has 2 N–H and O–H groups in total. The van der Waals surface area contributed by atoms with Gasteiger partial charge in [0.1, 0.15) is 0 Å². The van der Waals surface area contributed by atoms with Gasteiger partial charge in [0.2, 0.25) is 0 Å². The number of nitrogens with zero attached hydrogens (tertiary/aromatic N) is 3. The Bertz CT molecular complexity index is 867. The maximum absolute atomic E-state index is 12.6. The van der Waals surface area contributed by atoms with E-state index in [1.165, 1.54) is 0 Å². The number of hydrogen-bond acceptors (Lipinski definition) is 4. The van der Waals surface area contributed by atoms with Crippen molar-refractivity contribution in [3.63, 3.8) is 0 Å². The highest BCUT2D eigenvalue weighted by Gasteiger charge is 2.54. The number of nitrogens with one attached hydrogen (secondary N) is 1. The van der Waals surface area contributed by atoms with E-state index >= 15 is 0 Å². The summed E-state index contributed by atoms with van der Waals surface area (Å²) in [6.07, 6.45) is 1.59. The van der Waals surface area contributed by atoms with E-state index in [0.29, 0.717) is 0 Å². The fraction of sp³-hybridized carbons (Fsp3) is 0.294. The second kappa shape index (κ2) is 4.38. The zero-order valence-corrected chi connectivity index (χ0v) is 13.3. The lowest BCUT2D eigenvalue weighted by atomic mass is 9.97. The van der Waals surface area contributed by atoms with Crippen molar-refractivity contribution >= 4 is 17.3 Å². The predicted molar refractivity (Wildman–Crippen MR) is 87.3 cm³/mol. The fourth-order valence-corrected chi connectivity index (χ4v) is 3.77. The van der Waals surface area contributed by atoms with Crippen LogP contribution in [0.25, 0.3) is 0 Å². The van der Waals surface area contributed by atoms with E-state index in [1.807, 2.05) is 49.7 Å². The summed E-state index contributed by atoms with van der Waals surface area (Å²) < 4.78 is 1.91. The van der Waals surface area contributed by atoms with Crippen LogP contribution in [0.3, 0.4) is 0 Å². The number of hydrogen-bond donors (Lipinski definition) is 2. The lowest BCUT2D eigenvalue weighted by Gasteiger charge is -2.31. The molecular formula is C17H18N4O2. The van der Waals surface area contributed by atoms with Crippen molar-refractivity contribution < 1.29 is 9.90 Å². The number of amides is 1. The molecule has 6 nitrogen and oxygen atoms in total. The number of aliphatic hydroxyl groups excluding tert-OH is 1. The first-order chi connectivity index (χ1) is 11.0. The highest BCUT2D eigenvalue weighted by Crippen LogP contribution is 2.51. The SMILES string of the molecule is CCn1nc(C)c([C@]23C=C(O)C(=O)N2c2ccccc2N3)c1C. The minimum Gasteiger partial charge on any atom is -0.503 e. The molecule has 118 valence electrons. The van der Waals surface area contributed by atoms with Gasteiger partial charge in [0.05, 0.1) is 17.1 Å². The average Bonchev–Trinajstić information content (AvgIpc) is 3.08. The summed E-state index contributed by atoms with van der Waals surface area (Å²) in [6, 6.07) is 7.62. The maximum atomic E-state index is 12.6. The lowest BCUT2D eigenvalue weighted by Crippen LogP contribution is -2.46. The Labute approximate surface area is 134 Å². The zero-order valence-electron chi connectivity index (χ0n) is 13.3. The van der Waals surface area contributed by atoms with E-state index in [0.717, 1.165) is 34.9 Å². The number of aryl methyl sites for hydroxylation is 2. The molecule has 4 rings (SSSR count). The lowest BCUT2D eigenvalue weighted by molar-refractivity contribution is -0.117. The molecular weight excluding hydrogens is 292 g/mol. The monoisotopic (exact) mass is 310 g/mol. The van der Waals surface area contributed by atoms with Crippen molar-refractivity contribution in [2.24, 2.45) is 0 Å². The summed E-state index contributed by atoms with van der Waals surface area (Å²) in [6.45, 7) is 6.70. The first-order valence-corrected chi connectivity index (χ1v) is 7.67. The highest BCUT2D eigenvalue weighted by molar-refractivity contribution is 6.13. The Morgan fingerprint density at radius 1 is 1.30 bits per heavy atom. The van der Waals surface area contributed by atoms with Crippen LogP contribution in [0.5, 0.6) is 0 Å². The number of anilines is 2. The number of fused-ring (bicyclic) bond motifs is 3. The maximum Gasteiger partial charge on any atom is 0.295 e. The Hall–Kier alpha value is -2.76. The molecule has 1 amide bonds. The quantitative estimate of drug-likeness (QED) is 0.894. The molecule has 2 aromatic rings. The molecule has 0 fully saturated rings. The smallest absolute Gasteiger partial charge is 0.295 e. The first kappa shape index (κ1) is 13.9. The summed E-state index contributed by atoms with van der Waals surface area (Å²) in [5, 5.41) is 18.1. The van der Waals surface area contributed by atoms with E-state index in [1.54, 1.807) is 11.0 Å². The van der Waals surface area contributed by atoms with Crippen LogP contribution in [0.15, 0.2) is 36.1 Å². The van der Waals surface area contributed by atoms with Gasteiger partial charge in [0, 0.05) is 23.9 Å². The van der Waals surface area contributed by atoms with Crippen LogP contribution in [-0.4, -0.2) is 20.8 Å². The van der Waals surface area contributed by atoms with Crippen LogP contribution in [0.4, 0.5) is 11.4 Å². The molecule has 0 radical (unpaired) electrons. The van der Waals surface area contributed by atoms with Gasteiger partial charge >= 0.3 is 0 Å². The Morgan fingerprint density at radius 2 is 2.04 bits per heavy atom. The minimum atomic E-state index is -0.910. The average molecular weight is 310 g/mol. The van der Waals surface area contributed by atoms with E-state index in [9.17, 15) is 9.90 Å². The summed E-state index contributed by atoms with van der Waals surface area (Å²) in [4.78, 5) is 14.2. The van der Waals surface area contributed by atoms with Gasteiger partial charge in [-0.25, -0.2) is 0 Å². The van der Waals surface area contributed by atoms with Crippen molar-refractivity contribution in [1.82, 2.24) is 9.78 Å². The van der Waals surface area contributed by atoms with Gasteiger partial charge in [0.25, 0.3) is 5.91 Å². The minimum absolute atomic E-state index is 0.241. The summed E-state index contributed by atoms with van der Waals surface area (Å²) >= 11 is 0.